The highest BCUT2D eigenvalue weighted by Gasteiger charge is 2.57. The lowest BCUT2D eigenvalue weighted by molar-refractivity contribution is -0.324. The van der Waals surface area contributed by atoms with Gasteiger partial charge in [0.05, 0.1) is 17.5 Å². The number of likely N-dealkylation sites (tertiary alicyclic amines) is 1. The molecule has 0 N–H and O–H groups in total. The number of sulfone groups is 1. The van der Waals surface area contributed by atoms with Crippen LogP contribution in [0.5, 0.6) is 0 Å². The Kier molecular flexibility index (Phi) is 6.33. The first-order valence-corrected chi connectivity index (χ1v) is 12.7. The van der Waals surface area contributed by atoms with Crippen LogP contribution in [0.3, 0.4) is 0 Å². The summed E-state index contributed by atoms with van der Waals surface area (Å²) in [4.78, 5) is 2.47. The summed E-state index contributed by atoms with van der Waals surface area (Å²) < 4.78 is 52.4. The molecule has 0 radical (unpaired) electrons. The second kappa shape index (κ2) is 9.21. The van der Waals surface area contributed by atoms with Crippen molar-refractivity contribution in [1.29, 1.82) is 0 Å². The first-order valence-electron chi connectivity index (χ1n) is 11.1. The van der Waals surface area contributed by atoms with Crippen molar-refractivity contribution in [3.05, 3.63) is 66.2 Å². The van der Waals surface area contributed by atoms with Crippen LogP contribution in [0.25, 0.3) is 0 Å². The number of hydrogen-bond acceptors (Lipinski definition) is 7. The molecule has 0 amide bonds. The van der Waals surface area contributed by atoms with E-state index in [-0.39, 0.29) is 11.5 Å². The lowest BCUT2D eigenvalue weighted by Gasteiger charge is -2.51. The third kappa shape index (κ3) is 4.00. The molecule has 7 nitrogen and oxygen atoms in total. The van der Waals surface area contributed by atoms with Gasteiger partial charge in [0.15, 0.2) is 22.4 Å². The molecular weight excluding hydrogens is 430 g/mol. The smallest absolute Gasteiger partial charge is 0.185 e. The molecule has 5 rings (SSSR count). The number of fused-ring (bicyclic) bond motifs is 1. The molecule has 3 fully saturated rings. The number of rotatable bonds is 5. The Bertz CT molecular complexity index is 996. The van der Waals surface area contributed by atoms with E-state index in [9.17, 15) is 8.42 Å². The molecule has 0 saturated carbocycles. The van der Waals surface area contributed by atoms with Crippen molar-refractivity contribution in [3.8, 4) is 0 Å². The van der Waals surface area contributed by atoms with Crippen molar-refractivity contribution >= 4 is 9.84 Å². The Morgan fingerprint density at radius 3 is 2.25 bits per heavy atom. The van der Waals surface area contributed by atoms with Gasteiger partial charge in [0, 0.05) is 12.7 Å². The van der Waals surface area contributed by atoms with E-state index in [1.165, 1.54) is 0 Å². The minimum Gasteiger partial charge on any atom is -0.354 e. The molecule has 6 atom stereocenters. The van der Waals surface area contributed by atoms with Crippen molar-refractivity contribution < 1.29 is 27.4 Å². The fraction of sp³-hybridized carbons (Fsp3) is 0.500. The van der Waals surface area contributed by atoms with Gasteiger partial charge in [-0.25, -0.2) is 8.42 Å². The van der Waals surface area contributed by atoms with E-state index < -0.39 is 45.9 Å². The van der Waals surface area contributed by atoms with Gasteiger partial charge in [0.2, 0.25) is 0 Å². The Morgan fingerprint density at radius 2 is 1.59 bits per heavy atom. The molecule has 3 aliphatic heterocycles. The van der Waals surface area contributed by atoms with Gasteiger partial charge in [-0.2, -0.15) is 0 Å². The number of benzene rings is 2. The number of methoxy groups -OCH3 is 1. The lowest BCUT2D eigenvalue weighted by Crippen LogP contribution is -2.68. The Balaban J connectivity index is 1.57. The highest BCUT2D eigenvalue weighted by molar-refractivity contribution is 7.92. The van der Waals surface area contributed by atoms with Crippen molar-refractivity contribution in [2.75, 3.05) is 26.8 Å². The molecule has 8 heteroatoms. The van der Waals surface area contributed by atoms with E-state index >= 15 is 0 Å². The predicted octanol–water partition coefficient (Wildman–Crippen LogP) is 2.78. The minimum absolute atomic E-state index is 0.234. The van der Waals surface area contributed by atoms with Crippen LogP contribution in [0.2, 0.25) is 0 Å². The van der Waals surface area contributed by atoms with Gasteiger partial charge in [-0.1, -0.05) is 48.5 Å². The molecule has 3 aliphatic rings. The normalized spacial score (nSPS) is 33.7. The average Bonchev–Trinajstić information content (AvgIpc) is 3.38. The first kappa shape index (κ1) is 22.0. The summed E-state index contributed by atoms with van der Waals surface area (Å²) in [7, 11) is -2.18. The summed E-state index contributed by atoms with van der Waals surface area (Å²) in [6, 6.07) is 17.7. The monoisotopic (exact) mass is 459 g/mol. The summed E-state index contributed by atoms with van der Waals surface area (Å²) in [5.74, 6) is 0. The molecule has 1 unspecified atom stereocenters. The summed E-state index contributed by atoms with van der Waals surface area (Å²) in [5, 5.41) is -0.846. The molecule has 2 aromatic rings. The Morgan fingerprint density at radius 1 is 0.938 bits per heavy atom. The standard InChI is InChI=1S/C24H29NO6S/c1-28-24-20(25-14-8-9-15-25)22(32(26,27)18-12-6-3-7-13-18)21-19(30-24)16-29-23(31-21)17-10-4-2-5-11-17/h2-7,10-13,19-24H,8-9,14-16H2,1H3/t19-,20-,21-,22-,23?,24+/m1/s1. The highest BCUT2D eigenvalue weighted by atomic mass is 32.2. The van der Waals surface area contributed by atoms with Crippen LogP contribution >= 0.6 is 0 Å². The van der Waals surface area contributed by atoms with Crippen LogP contribution in [0.15, 0.2) is 65.6 Å². The van der Waals surface area contributed by atoms with Gasteiger partial charge >= 0.3 is 0 Å². The maximum atomic E-state index is 14.1. The predicted molar refractivity (Wildman–Crippen MR) is 118 cm³/mol. The molecule has 0 bridgehead atoms. The fourth-order valence-corrected chi connectivity index (χ4v) is 7.19. The third-order valence-electron chi connectivity index (χ3n) is 6.60. The maximum absolute atomic E-state index is 14.1. The van der Waals surface area contributed by atoms with Gasteiger partial charge in [-0.3, -0.25) is 4.90 Å². The van der Waals surface area contributed by atoms with Crippen LogP contribution < -0.4 is 0 Å². The van der Waals surface area contributed by atoms with Crippen LogP contribution in [0.1, 0.15) is 24.7 Å². The summed E-state index contributed by atoms with van der Waals surface area (Å²) >= 11 is 0. The van der Waals surface area contributed by atoms with Crippen LogP contribution in [0, 0.1) is 0 Å². The Hall–Kier alpha value is -1.81. The quantitative estimate of drug-likeness (QED) is 0.681. The van der Waals surface area contributed by atoms with Crippen LogP contribution in [-0.2, 0) is 28.8 Å². The molecule has 3 heterocycles. The van der Waals surface area contributed by atoms with Crippen LogP contribution in [-0.4, -0.2) is 69.9 Å². The summed E-state index contributed by atoms with van der Waals surface area (Å²) in [6.07, 6.45) is -0.504. The van der Waals surface area contributed by atoms with Gasteiger partial charge in [-0.05, 0) is 38.1 Å². The van der Waals surface area contributed by atoms with E-state index in [0.717, 1.165) is 31.5 Å². The van der Waals surface area contributed by atoms with E-state index in [4.69, 9.17) is 18.9 Å². The van der Waals surface area contributed by atoms with Crippen molar-refractivity contribution in [3.63, 3.8) is 0 Å². The lowest BCUT2D eigenvalue weighted by atomic mass is 9.97. The molecule has 0 aromatic heterocycles. The van der Waals surface area contributed by atoms with E-state index in [0.29, 0.717) is 0 Å². The fourth-order valence-electron chi connectivity index (χ4n) is 5.08. The Labute approximate surface area is 189 Å². The molecule has 32 heavy (non-hydrogen) atoms. The minimum atomic E-state index is -3.75. The topological polar surface area (TPSA) is 74.3 Å². The number of ether oxygens (including phenoxy) is 4. The second-order valence-electron chi connectivity index (χ2n) is 8.51. The van der Waals surface area contributed by atoms with Gasteiger partial charge in [0.1, 0.15) is 17.5 Å². The summed E-state index contributed by atoms with van der Waals surface area (Å²) in [5.41, 5.74) is 0.855. The van der Waals surface area contributed by atoms with Crippen LogP contribution in [0.4, 0.5) is 0 Å². The molecule has 0 spiro atoms. The van der Waals surface area contributed by atoms with E-state index in [1.54, 1.807) is 31.4 Å². The van der Waals surface area contributed by atoms with E-state index in [2.05, 4.69) is 4.90 Å². The molecule has 3 saturated heterocycles. The van der Waals surface area contributed by atoms with Gasteiger partial charge < -0.3 is 18.9 Å². The molecular formula is C24H29NO6S. The molecule has 172 valence electrons. The number of hydrogen-bond donors (Lipinski definition) is 0. The zero-order chi connectivity index (χ0) is 22.1. The third-order valence-corrected chi connectivity index (χ3v) is 8.80. The van der Waals surface area contributed by atoms with Crippen molar-refractivity contribution in [2.24, 2.45) is 0 Å². The van der Waals surface area contributed by atoms with E-state index in [1.807, 2.05) is 36.4 Å². The maximum Gasteiger partial charge on any atom is 0.185 e. The van der Waals surface area contributed by atoms with Gasteiger partial charge in [0.25, 0.3) is 0 Å². The highest BCUT2D eigenvalue weighted by Crippen LogP contribution is 2.41. The zero-order valence-corrected chi connectivity index (χ0v) is 18.9. The first-order chi connectivity index (χ1) is 15.6. The van der Waals surface area contributed by atoms with Crippen molar-refractivity contribution in [2.45, 2.75) is 53.8 Å². The second-order valence-corrected chi connectivity index (χ2v) is 10.6. The summed E-state index contributed by atoms with van der Waals surface area (Å²) in [6.45, 7) is 1.85. The van der Waals surface area contributed by atoms with Gasteiger partial charge in [-0.15, -0.1) is 0 Å². The van der Waals surface area contributed by atoms with Crippen molar-refractivity contribution in [1.82, 2.24) is 4.90 Å². The number of nitrogens with zero attached hydrogens (tertiary/aromatic N) is 1. The molecule has 2 aromatic carbocycles. The molecule has 0 aliphatic carbocycles. The average molecular weight is 460 g/mol. The zero-order valence-electron chi connectivity index (χ0n) is 18.1. The largest absolute Gasteiger partial charge is 0.354 e. The SMILES string of the molecule is CO[C@H]1O[C@@H]2COC(c3ccccc3)O[C@H]2[C@H](S(=O)(=O)c2ccccc2)[C@H]1N1CCCC1.